The van der Waals surface area contributed by atoms with Gasteiger partial charge in [-0.05, 0) is 46.8 Å². The number of nitrogens with zero attached hydrogens (tertiary/aromatic N) is 1. The normalized spacial score (nSPS) is 30.8. The van der Waals surface area contributed by atoms with E-state index in [0.717, 1.165) is 5.57 Å². The van der Waals surface area contributed by atoms with Crippen molar-refractivity contribution in [3.8, 4) is 0 Å². The highest BCUT2D eigenvalue weighted by atomic mass is 79.9. The van der Waals surface area contributed by atoms with Crippen LogP contribution in [0.1, 0.15) is 30.3 Å². The number of amides is 2. The molecule has 4 atom stereocenters. The Kier molecular flexibility index (Phi) is 4.34. The van der Waals surface area contributed by atoms with Gasteiger partial charge in [-0.3, -0.25) is 24.1 Å². The molecule has 1 saturated heterocycles. The maximum atomic E-state index is 13.0. The largest absolute Gasteiger partial charge is 0.463 e. The Morgan fingerprint density at radius 3 is 2.63 bits per heavy atom. The fraction of sp³-hybridized carbons (Fsp3) is 0.364. The van der Waals surface area contributed by atoms with E-state index in [1.807, 2.05) is 6.08 Å². The SMILES string of the molecule is CN1C(=O)C2CC=C3C(c4ccc(CO)o4)C4=C(CC3C2C1=O)C(=O)C(Br)=CC4=O. The Hall–Kier alpha value is -2.58. The van der Waals surface area contributed by atoms with Gasteiger partial charge in [0.1, 0.15) is 18.1 Å². The number of halogens is 1. The molecule has 154 valence electrons. The summed E-state index contributed by atoms with van der Waals surface area (Å²) in [5.41, 5.74) is 1.55. The second-order valence-corrected chi connectivity index (χ2v) is 8.95. The molecule has 0 spiro atoms. The van der Waals surface area contributed by atoms with Crippen LogP contribution in [0, 0.1) is 17.8 Å². The molecule has 0 aromatic carbocycles. The van der Waals surface area contributed by atoms with Gasteiger partial charge in [-0.2, -0.15) is 0 Å². The van der Waals surface area contributed by atoms with Crippen molar-refractivity contribution in [1.82, 2.24) is 4.90 Å². The molecule has 7 nitrogen and oxygen atoms in total. The van der Waals surface area contributed by atoms with Crippen LogP contribution in [-0.4, -0.2) is 40.4 Å². The second kappa shape index (κ2) is 6.72. The first kappa shape index (κ1) is 19.4. The minimum Gasteiger partial charge on any atom is -0.463 e. The van der Waals surface area contributed by atoms with Crippen molar-refractivity contribution in [2.24, 2.45) is 17.8 Å². The Morgan fingerprint density at radius 2 is 1.93 bits per heavy atom. The van der Waals surface area contributed by atoms with E-state index < -0.39 is 17.8 Å². The average Bonchev–Trinajstić information content (AvgIpc) is 3.30. The highest BCUT2D eigenvalue weighted by Crippen LogP contribution is 2.55. The molecule has 2 amide bonds. The molecule has 1 N–H and O–H groups in total. The standard InChI is InChI=1S/C22H18BrNO6/c1-24-21(28)11-4-3-10-12(17(11)22(24)29)6-13-18(15(26)7-14(23)20(13)27)19(10)16-5-2-9(8-25)30-16/h2-3,5,7,11-12,17,19,25H,4,6,8H2,1H3. The van der Waals surface area contributed by atoms with Gasteiger partial charge in [0.15, 0.2) is 11.6 Å². The van der Waals surface area contributed by atoms with Crippen LogP contribution in [-0.2, 0) is 25.8 Å². The fourth-order valence-electron chi connectivity index (χ4n) is 5.33. The smallest absolute Gasteiger partial charge is 0.233 e. The number of carbonyl (C=O) groups is 4. The van der Waals surface area contributed by atoms with Crippen molar-refractivity contribution in [2.45, 2.75) is 25.4 Å². The van der Waals surface area contributed by atoms with E-state index in [0.29, 0.717) is 29.1 Å². The van der Waals surface area contributed by atoms with Crippen molar-refractivity contribution in [1.29, 1.82) is 0 Å². The van der Waals surface area contributed by atoms with Crippen LogP contribution in [0.5, 0.6) is 0 Å². The Bertz CT molecular complexity index is 1120. The van der Waals surface area contributed by atoms with Gasteiger partial charge in [0, 0.05) is 24.3 Å². The van der Waals surface area contributed by atoms with Crippen molar-refractivity contribution in [2.75, 3.05) is 7.05 Å². The van der Waals surface area contributed by atoms with Crippen LogP contribution in [0.25, 0.3) is 0 Å². The van der Waals surface area contributed by atoms with Gasteiger partial charge in [-0.15, -0.1) is 0 Å². The summed E-state index contributed by atoms with van der Waals surface area (Å²) in [5.74, 6) is -2.22. The number of rotatable bonds is 2. The highest BCUT2D eigenvalue weighted by Gasteiger charge is 2.55. The van der Waals surface area contributed by atoms with Crippen molar-refractivity contribution in [3.05, 3.63) is 57.0 Å². The van der Waals surface area contributed by atoms with Crippen LogP contribution < -0.4 is 0 Å². The van der Waals surface area contributed by atoms with Crippen LogP contribution in [0.4, 0.5) is 0 Å². The van der Waals surface area contributed by atoms with Gasteiger partial charge in [0.05, 0.1) is 22.2 Å². The first-order valence-corrected chi connectivity index (χ1v) is 10.5. The third kappa shape index (κ3) is 2.53. The number of aliphatic hydroxyl groups is 1. The molecule has 2 heterocycles. The molecule has 1 aromatic rings. The van der Waals surface area contributed by atoms with Crippen molar-refractivity contribution >= 4 is 39.3 Å². The lowest BCUT2D eigenvalue weighted by Crippen LogP contribution is -2.39. The predicted molar refractivity (Wildman–Crippen MR) is 107 cm³/mol. The van der Waals surface area contributed by atoms with E-state index >= 15 is 0 Å². The highest BCUT2D eigenvalue weighted by molar-refractivity contribution is 9.12. The molecule has 1 aromatic heterocycles. The molecule has 4 unspecified atom stereocenters. The molecule has 1 fully saturated rings. The van der Waals surface area contributed by atoms with Gasteiger partial charge in [0.2, 0.25) is 11.8 Å². The molecule has 1 aliphatic heterocycles. The lowest BCUT2D eigenvalue weighted by Gasteiger charge is -2.41. The van der Waals surface area contributed by atoms with Crippen LogP contribution in [0.3, 0.4) is 0 Å². The molecule has 4 aliphatic rings. The van der Waals surface area contributed by atoms with Crippen LogP contribution in [0.2, 0.25) is 0 Å². The molecule has 0 radical (unpaired) electrons. The number of ketones is 2. The summed E-state index contributed by atoms with van der Waals surface area (Å²) in [7, 11) is 1.49. The first-order valence-electron chi connectivity index (χ1n) is 9.73. The van der Waals surface area contributed by atoms with Crippen LogP contribution in [0.15, 0.2) is 49.9 Å². The predicted octanol–water partition coefficient (Wildman–Crippen LogP) is 2.16. The molecule has 3 aliphatic carbocycles. The number of allylic oxidation sites excluding steroid dienone is 6. The maximum Gasteiger partial charge on any atom is 0.233 e. The third-order valence-corrected chi connectivity index (χ3v) is 7.26. The lowest BCUT2D eigenvalue weighted by molar-refractivity contribution is -0.138. The van der Waals surface area contributed by atoms with E-state index in [4.69, 9.17) is 4.42 Å². The fourth-order valence-corrected chi connectivity index (χ4v) is 5.77. The zero-order valence-electron chi connectivity index (χ0n) is 16.1. The molecular formula is C22H18BrNO6. The van der Waals surface area contributed by atoms with Gasteiger partial charge in [0.25, 0.3) is 0 Å². The number of Topliss-reactive ketones (excluding diaryl/α,β-unsaturated/α-hetero) is 1. The number of aliphatic hydroxyl groups excluding tert-OH is 1. The Labute approximate surface area is 180 Å². The van der Waals surface area contributed by atoms with Crippen LogP contribution >= 0.6 is 15.9 Å². The van der Waals surface area contributed by atoms with E-state index in [1.165, 1.54) is 18.0 Å². The van der Waals surface area contributed by atoms with Crippen molar-refractivity contribution < 1.29 is 28.7 Å². The summed E-state index contributed by atoms with van der Waals surface area (Å²) in [5, 5.41) is 9.41. The summed E-state index contributed by atoms with van der Waals surface area (Å²) < 4.78 is 5.96. The second-order valence-electron chi connectivity index (χ2n) is 8.09. The van der Waals surface area contributed by atoms with E-state index in [1.54, 1.807) is 12.1 Å². The number of hydrogen-bond donors (Lipinski definition) is 1. The number of furan rings is 1. The number of fused-ring (bicyclic) bond motifs is 3. The molecular weight excluding hydrogens is 454 g/mol. The van der Waals surface area contributed by atoms with E-state index in [9.17, 15) is 24.3 Å². The van der Waals surface area contributed by atoms with Gasteiger partial charge in [-0.1, -0.05) is 11.6 Å². The number of likely N-dealkylation sites (tertiary alicyclic amines) is 1. The quantitative estimate of drug-likeness (QED) is 0.402. The first-order chi connectivity index (χ1) is 14.3. The number of carbonyl (C=O) groups excluding carboxylic acids is 4. The number of imide groups is 1. The molecule has 5 rings (SSSR count). The van der Waals surface area contributed by atoms with E-state index in [2.05, 4.69) is 15.9 Å². The minimum atomic E-state index is -0.623. The number of hydrogen-bond acceptors (Lipinski definition) is 6. The minimum absolute atomic E-state index is 0.186. The zero-order chi connectivity index (χ0) is 21.3. The maximum absolute atomic E-state index is 13.0. The molecule has 0 bridgehead atoms. The third-order valence-electron chi connectivity index (χ3n) is 6.67. The van der Waals surface area contributed by atoms with Gasteiger partial charge < -0.3 is 9.52 Å². The average molecular weight is 472 g/mol. The van der Waals surface area contributed by atoms with E-state index in [-0.39, 0.29) is 46.8 Å². The molecule has 30 heavy (non-hydrogen) atoms. The summed E-state index contributed by atoms with van der Waals surface area (Å²) >= 11 is 3.18. The van der Waals surface area contributed by atoms with Crippen molar-refractivity contribution in [3.63, 3.8) is 0 Å². The summed E-state index contributed by atoms with van der Waals surface area (Å²) in [6.45, 7) is -0.290. The monoisotopic (exact) mass is 471 g/mol. The van der Waals surface area contributed by atoms with Gasteiger partial charge >= 0.3 is 0 Å². The zero-order valence-corrected chi connectivity index (χ0v) is 17.6. The topological polar surface area (TPSA) is 105 Å². The summed E-state index contributed by atoms with van der Waals surface area (Å²) in [6.07, 6.45) is 3.83. The lowest BCUT2D eigenvalue weighted by atomic mass is 9.60. The summed E-state index contributed by atoms with van der Waals surface area (Å²) in [4.78, 5) is 52.5. The molecule has 0 saturated carbocycles. The van der Waals surface area contributed by atoms with Gasteiger partial charge in [-0.25, -0.2) is 0 Å². The Morgan fingerprint density at radius 1 is 1.17 bits per heavy atom. The molecule has 8 heteroatoms. The Balaban J connectivity index is 1.70. The summed E-state index contributed by atoms with van der Waals surface area (Å²) in [6, 6.07) is 3.32.